The van der Waals surface area contributed by atoms with E-state index in [9.17, 15) is 31.5 Å². The normalized spacial score (nSPS) is 12.8. The maximum Gasteiger partial charge on any atom is 0.422 e. The first-order valence-electron chi connectivity index (χ1n) is 10.8. The molecule has 0 aliphatic rings. The number of carbonyl (C=O) groups is 2. The van der Waals surface area contributed by atoms with E-state index >= 15 is 0 Å². The minimum absolute atomic E-state index is 0.107. The number of rotatable bonds is 16. The largest absolute Gasteiger partial charge is 0.492 e. The summed E-state index contributed by atoms with van der Waals surface area (Å²) in [4.78, 5) is 24.1. The molecule has 200 valence electrons. The van der Waals surface area contributed by atoms with Gasteiger partial charge < -0.3 is 29.0 Å². The van der Waals surface area contributed by atoms with Gasteiger partial charge in [0.25, 0.3) is 0 Å². The van der Waals surface area contributed by atoms with E-state index in [1.165, 1.54) is 0 Å². The summed E-state index contributed by atoms with van der Waals surface area (Å²) in [6.45, 7) is -0.0395. The van der Waals surface area contributed by atoms with Crippen LogP contribution in [0, 0.1) is 0 Å². The number of aliphatic carboxylic acids is 1. The highest BCUT2D eigenvalue weighted by molar-refractivity contribution is 5.72. The van der Waals surface area contributed by atoms with Crippen molar-refractivity contribution in [3.63, 3.8) is 0 Å². The van der Waals surface area contributed by atoms with Crippen molar-refractivity contribution in [1.29, 1.82) is 0 Å². The molecule has 0 spiro atoms. The molecule has 0 aliphatic heterocycles. The predicted molar refractivity (Wildman–Crippen MR) is 114 cm³/mol. The number of hydrogen-bond donors (Lipinski definition) is 1. The van der Waals surface area contributed by atoms with Crippen LogP contribution in [-0.4, -0.2) is 86.4 Å². The van der Waals surface area contributed by atoms with Gasteiger partial charge in [0.2, 0.25) is 5.92 Å². The van der Waals surface area contributed by atoms with E-state index in [0.29, 0.717) is 11.3 Å². The van der Waals surface area contributed by atoms with Gasteiger partial charge in [0.05, 0.1) is 19.8 Å². The molecule has 0 aliphatic carbocycles. The predicted octanol–water partition coefficient (Wildman–Crippen LogP) is 4.16. The van der Waals surface area contributed by atoms with Crippen LogP contribution in [0.5, 0.6) is 5.75 Å². The third-order valence-electron chi connectivity index (χ3n) is 4.43. The van der Waals surface area contributed by atoms with Crippen molar-refractivity contribution in [2.45, 2.75) is 44.9 Å². The highest BCUT2D eigenvalue weighted by Gasteiger charge is 2.31. The fourth-order valence-corrected chi connectivity index (χ4v) is 2.69. The van der Waals surface area contributed by atoms with Crippen molar-refractivity contribution in [3.8, 4) is 5.75 Å². The zero-order valence-electron chi connectivity index (χ0n) is 19.5. The van der Waals surface area contributed by atoms with Crippen molar-refractivity contribution in [3.05, 3.63) is 29.8 Å². The first-order valence-corrected chi connectivity index (χ1v) is 10.8. The van der Waals surface area contributed by atoms with Crippen molar-refractivity contribution >= 4 is 12.1 Å². The molecule has 1 aromatic rings. The maximum atomic E-state index is 12.8. The average Bonchev–Trinajstić information content (AvgIpc) is 2.75. The number of hydrogen-bond acceptors (Lipinski definition) is 6. The topological polar surface area (TPSA) is 94.5 Å². The molecular weight excluding hydrogens is 485 g/mol. The maximum absolute atomic E-state index is 12.8. The molecule has 8 nitrogen and oxygen atoms in total. The second kappa shape index (κ2) is 14.7. The minimum atomic E-state index is -4.70. The smallest absolute Gasteiger partial charge is 0.422 e. The van der Waals surface area contributed by atoms with Gasteiger partial charge in [-0.1, -0.05) is 12.1 Å². The molecular formula is C22H30F5NO7. The van der Waals surface area contributed by atoms with Gasteiger partial charge in [0.1, 0.15) is 12.4 Å². The van der Waals surface area contributed by atoms with E-state index in [4.69, 9.17) is 19.3 Å². The molecule has 1 atom stereocenters. The van der Waals surface area contributed by atoms with Crippen LogP contribution in [-0.2, 0) is 25.4 Å². The summed E-state index contributed by atoms with van der Waals surface area (Å²) in [5, 5.41) is 9.15. The first-order chi connectivity index (χ1) is 16.3. The molecule has 1 N–H and O–H groups in total. The van der Waals surface area contributed by atoms with Crippen LogP contribution in [0.4, 0.5) is 26.7 Å². The third-order valence-corrected chi connectivity index (χ3v) is 4.43. The highest BCUT2D eigenvalue weighted by atomic mass is 19.4. The molecule has 0 radical (unpaired) electrons. The van der Waals surface area contributed by atoms with Crippen LogP contribution >= 0.6 is 0 Å². The molecule has 0 heterocycles. The van der Waals surface area contributed by atoms with Gasteiger partial charge in [-0.05, 0) is 31.5 Å². The van der Waals surface area contributed by atoms with Crippen LogP contribution in [0.15, 0.2) is 24.3 Å². The summed E-state index contributed by atoms with van der Waals surface area (Å²) in [7, 11) is 0. The van der Waals surface area contributed by atoms with Crippen LogP contribution in [0.2, 0.25) is 0 Å². The van der Waals surface area contributed by atoms with Gasteiger partial charge in [-0.25, -0.2) is 18.4 Å². The van der Waals surface area contributed by atoms with Gasteiger partial charge in [-0.3, -0.25) is 0 Å². The molecule has 1 aromatic carbocycles. The Hall–Kier alpha value is -2.67. The third kappa shape index (κ3) is 14.4. The van der Waals surface area contributed by atoms with Gasteiger partial charge in [0, 0.05) is 26.0 Å². The second-order valence-electron chi connectivity index (χ2n) is 7.57. The highest BCUT2D eigenvalue weighted by Crippen LogP contribution is 2.17. The Morgan fingerprint density at radius 1 is 1.03 bits per heavy atom. The van der Waals surface area contributed by atoms with E-state index in [1.807, 2.05) is 0 Å². The van der Waals surface area contributed by atoms with Crippen LogP contribution in [0.3, 0.4) is 0 Å². The van der Waals surface area contributed by atoms with Crippen molar-refractivity contribution < 1.29 is 55.6 Å². The Balaban J connectivity index is 2.59. The number of nitrogens with zero attached hydrogens (tertiary/aromatic N) is 1. The van der Waals surface area contributed by atoms with Crippen molar-refractivity contribution in [2.24, 2.45) is 0 Å². The summed E-state index contributed by atoms with van der Waals surface area (Å²) in [5.41, 5.74) is 0.686. The Labute approximate surface area is 199 Å². The minimum Gasteiger partial charge on any atom is -0.492 e. The van der Waals surface area contributed by atoms with Gasteiger partial charge >= 0.3 is 18.2 Å². The Bertz CT molecular complexity index is 769. The average molecular weight is 515 g/mol. The molecule has 0 fully saturated rings. The Morgan fingerprint density at radius 2 is 1.66 bits per heavy atom. The Morgan fingerprint density at radius 3 is 2.20 bits per heavy atom. The lowest BCUT2D eigenvalue weighted by molar-refractivity contribution is -0.162. The number of amides is 1. The standard InChI is InChI=1S/C22H30F5NO7/c1-3-33-18(19(29)30)14-16-4-6-17(7-5-16)34-13-10-28(20(31)35-15-22(25,26)27)9-12-32-11-8-21(2,23)24/h4-7,18H,3,8-15H2,1-2H3,(H,29,30). The monoisotopic (exact) mass is 515 g/mol. The molecule has 35 heavy (non-hydrogen) atoms. The van der Waals surface area contributed by atoms with Gasteiger partial charge in [-0.2, -0.15) is 13.2 Å². The molecule has 1 amide bonds. The summed E-state index contributed by atoms with van der Waals surface area (Å²) >= 11 is 0. The molecule has 1 unspecified atom stereocenters. The van der Waals surface area contributed by atoms with E-state index in [1.54, 1.807) is 31.2 Å². The van der Waals surface area contributed by atoms with E-state index < -0.39 is 43.3 Å². The first kappa shape index (κ1) is 30.4. The molecule has 13 heteroatoms. The lowest BCUT2D eigenvalue weighted by Crippen LogP contribution is -2.39. The van der Waals surface area contributed by atoms with Crippen LogP contribution < -0.4 is 4.74 Å². The van der Waals surface area contributed by atoms with Gasteiger partial charge in [-0.15, -0.1) is 0 Å². The van der Waals surface area contributed by atoms with Crippen LogP contribution in [0.25, 0.3) is 0 Å². The number of benzene rings is 1. The fraction of sp³-hybridized carbons (Fsp3) is 0.636. The summed E-state index contributed by atoms with van der Waals surface area (Å²) in [6, 6.07) is 6.41. The number of ether oxygens (including phenoxy) is 4. The van der Waals surface area contributed by atoms with E-state index in [2.05, 4.69) is 4.74 Å². The quantitative estimate of drug-likeness (QED) is 0.261. The Kier molecular flexibility index (Phi) is 12.7. The SMILES string of the molecule is CCOC(Cc1ccc(OCCN(CCOCCC(C)(F)F)C(=O)OCC(F)(F)F)cc1)C(=O)O. The zero-order valence-corrected chi connectivity index (χ0v) is 19.5. The van der Waals surface area contributed by atoms with E-state index in [0.717, 1.165) is 11.8 Å². The lowest BCUT2D eigenvalue weighted by Gasteiger charge is -2.23. The summed E-state index contributed by atoms with van der Waals surface area (Å²) < 4.78 is 82.6. The van der Waals surface area contributed by atoms with Crippen molar-refractivity contribution in [2.75, 3.05) is 46.1 Å². The molecule has 0 saturated carbocycles. The fourth-order valence-electron chi connectivity index (χ4n) is 2.69. The number of carboxylic acids is 1. The number of alkyl halides is 5. The van der Waals surface area contributed by atoms with Crippen molar-refractivity contribution in [1.82, 2.24) is 4.90 Å². The molecule has 0 bridgehead atoms. The summed E-state index contributed by atoms with van der Waals surface area (Å²) in [5.74, 6) is -3.63. The lowest BCUT2D eigenvalue weighted by atomic mass is 10.1. The summed E-state index contributed by atoms with van der Waals surface area (Å²) in [6.07, 6.45) is -7.34. The second-order valence-corrected chi connectivity index (χ2v) is 7.57. The number of carbonyl (C=O) groups excluding carboxylic acids is 1. The zero-order chi connectivity index (χ0) is 26.5. The van der Waals surface area contributed by atoms with Gasteiger partial charge in [0.15, 0.2) is 12.7 Å². The number of halogens is 5. The van der Waals surface area contributed by atoms with E-state index in [-0.39, 0.29) is 45.9 Å². The molecule has 1 rings (SSSR count). The van der Waals surface area contributed by atoms with Crippen LogP contribution in [0.1, 0.15) is 25.8 Å². The molecule has 0 aromatic heterocycles. The number of carboxylic acid groups (broad SMARTS) is 1. The molecule has 0 saturated heterocycles.